The minimum Gasteiger partial charge on any atom is -0.411 e. The molecule has 0 aliphatic rings. The van der Waals surface area contributed by atoms with Crippen molar-refractivity contribution in [2.45, 2.75) is 12.8 Å². The average molecular weight is 175 g/mol. The minimum absolute atomic E-state index is 0.630. The first-order valence-electron chi connectivity index (χ1n) is 4.21. The van der Waals surface area contributed by atoms with E-state index in [-0.39, 0.29) is 0 Å². The topological polar surface area (TPSA) is 32.6 Å². The summed E-state index contributed by atoms with van der Waals surface area (Å²) in [6, 6.07) is 9.92. The van der Waals surface area contributed by atoms with Crippen molar-refractivity contribution < 1.29 is 5.21 Å². The number of oxime groups is 1. The zero-order valence-corrected chi connectivity index (χ0v) is 7.48. The zero-order valence-electron chi connectivity index (χ0n) is 7.48. The SMILES string of the molecule is C=CC/C(Cc1ccccc1)=N\O. The number of allylic oxidation sites excluding steroid dienone is 1. The molecule has 0 aliphatic heterocycles. The number of rotatable bonds is 4. The van der Waals surface area contributed by atoms with Crippen LogP contribution in [0.2, 0.25) is 0 Å². The van der Waals surface area contributed by atoms with Gasteiger partial charge in [-0.2, -0.15) is 0 Å². The molecule has 0 fully saturated rings. The molecular weight excluding hydrogens is 162 g/mol. The number of nitrogens with zero attached hydrogens (tertiary/aromatic N) is 1. The van der Waals surface area contributed by atoms with E-state index in [1.807, 2.05) is 30.3 Å². The van der Waals surface area contributed by atoms with Crippen molar-refractivity contribution in [2.24, 2.45) is 5.16 Å². The van der Waals surface area contributed by atoms with E-state index >= 15 is 0 Å². The van der Waals surface area contributed by atoms with E-state index in [4.69, 9.17) is 5.21 Å². The molecule has 68 valence electrons. The summed E-state index contributed by atoms with van der Waals surface area (Å²) in [5.41, 5.74) is 1.89. The van der Waals surface area contributed by atoms with Crippen LogP contribution >= 0.6 is 0 Å². The van der Waals surface area contributed by atoms with E-state index in [0.29, 0.717) is 12.8 Å². The van der Waals surface area contributed by atoms with Crippen LogP contribution in [0.25, 0.3) is 0 Å². The predicted octanol–water partition coefficient (Wildman–Crippen LogP) is 2.64. The van der Waals surface area contributed by atoms with E-state index in [9.17, 15) is 0 Å². The van der Waals surface area contributed by atoms with E-state index in [1.165, 1.54) is 0 Å². The van der Waals surface area contributed by atoms with Crippen LogP contribution in [0.15, 0.2) is 48.1 Å². The van der Waals surface area contributed by atoms with E-state index in [0.717, 1.165) is 11.3 Å². The molecule has 0 saturated carbocycles. The van der Waals surface area contributed by atoms with Crippen molar-refractivity contribution in [1.82, 2.24) is 0 Å². The molecule has 2 heteroatoms. The zero-order chi connectivity index (χ0) is 9.52. The van der Waals surface area contributed by atoms with Crippen molar-refractivity contribution in [3.63, 3.8) is 0 Å². The Kier molecular flexibility index (Phi) is 3.76. The molecule has 0 bridgehead atoms. The van der Waals surface area contributed by atoms with Gasteiger partial charge in [0.05, 0.1) is 5.71 Å². The highest BCUT2D eigenvalue weighted by Crippen LogP contribution is 2.03. The van der Waals surface area contributed by atoms with Gasteiger partial charge in [-0.25, -0.2) is 0 Å². The first-order valence-corrected chi connectivity index (χ1v) is 4.21. The van der Waals surface area contributed by atoms with Crippen LogP contribution < -0.4 is 0 Å². The molecule has 1 aromatic rings. The third-order valence-electron chi connectivity index (χ3n) is 1.77. The largest absolute Gasteiger partial charge is 0.411 e. The summed E-state index contributed by atoms with van der Waals surface area (Å²) in [6.07, 6.45) is 3.05. The molecule has 0 spiro atoms. The fourth-order valence-corrected chi connectivity index (χ4v) is 1.15. The molecule has 13 heavy (non-hydrogen) atoms. The van der Waals surface area contributed by atoms with Crippen LogP contribution in [0, 0.1) is 0 Å². The fraction of sp³-hybridized carbons (Fsp3) is 0.182. The number of hydrogen-bond acceptors (Lipinski definition) is 2. The Morgan fingerprint density at radius 2 is 2.08 bits per heavy atom. The lowest BCUT2D eigenvalue weighted by Crippen LogP contribution is -2.01. The number of hydrogen-bond donors (Lipinski definition) is 1. The lowest BCUT2D eigenvalue weighted by atomic mass is 10.1. The van der Waals surface area contributed by atoms with Crippen LogP contribution in [0.1, 0.15) is 12.0 Å². The van der Waals surface area contributed by atoms with Gasteiger partial charge in [-0.3, -0.25) is 0 Å². The maximum Gasteiger partial charge on any atom is 0.0651 e. The Morgan fingerprint density at radius 3 is 2.62 bits per heavy atom. The van der Waals surface area contributed by atoms with Crippen molar-refractivity contribution in [1.29, 1.82) is 0 Å². The van der Waals surface area contributed by atoms with Gasteiger partial charge in [-0.15, -0.1) is 6.58 Å². The Bertz CT molecular complexity index is 290. The van der Waals surface area contributed by atoms with Crippen LogP contribution in [0.4, 0.5) is 0 Å². The Balaban J connectivity index is 2.62. The second-order valence-electron chi connectivity index (χ2n) is 2.82. The van der Waals surface area contributed by atoms with Gasteiger partial charge in [-0.1, -0.05) is 41.6 Å². The Hall–Kier alpha value is -1.57. The molecule has 0 radical (unpaired) electrons. The van der Waals surface area contributed by atoms with Crippen LogP contribution in [-0.2, 0) is 6.42 Å². The molecule has 0 saturated heterocycles. The normalized spacial score (nSPS) is 11.2. The third kappa shape index (κ3) is 3.11. The summed E-state index contributed by atoms with van der Waals surface area (Å²) in [6.45, 7) is 3.60. The van der Waals surface area contributed by atoms with Gasteiger partial charge in [0.15, 0.2) is 0 Å². The second kappa shape index (κ2) is 5.14. The van der Waals surface area contributed by atoms with Crippen LogP contribution in [-0.4, -0.2) is 10.9 Å². The molecule has 0 amide bonds. The Labute approximate surface area is 78.2 Å². The highest BCUT2D eigenvalue weighted by atomic mass is 16.4. The fourth-order valence-electron chi connectivity index (χ4n) is 1.15. The summed E-state index contributed by atoms with van der Waals surface area (Å²) in [5.74, 6) is 0. The van der Waals surface area contributed by atoms with Gasteiger partial charge in [-0.05, 0) is 5.56 Å². The molecule has 2 nitrogen and oxygen atoms in total. The van der Waals surface area contributed by atoms with Crippen LogP contribution in [0.3, 0.4) is 0 Å². The lowest BCUT2D eigenvalue weighted by molar-refractivity contribution is 0.317. The van der Waals surface area contributed by atoms with Gasteiger partial charge in [0, 0.05) is 12.8 Å². The predicted molar refractivity (Wildman–Crippen MR) is 54.2 cm³/mol. The quantitative estimate of drug-likeness (QED) is 0.324. The van der Waals surface area contributed by atoms with Gasteiger partial charge in [0.2, 0.25) is 0 Å². The van der Waals surface area contributed by atoms with E-state index in [1.54, 1.807) is 6.08 Å². The third-order valence-corrected chi connectivity index (χ3v) is 1.77. The summed E-state index contributed by atoms with van der Waals surface area (Å²) in [7, 11) is 0. The molecule has 1 aromatic carbocycles. The molecular formula is C11H13NO. The first kappa shape index (κ1) is 9.52. The molecule has 0 atom stereocenters. The molecule has 1 rings (SSSR count). The smallest absolute Gasteiger partial charge is 0.0651 e. The van der Waals surface area contributed by atoms with E-state index in [2.05, 4.69) is 11.7 Å². The summed E-state index contributed by atoms with van der Waals surface area (Å²) in [4.78, 5) is 0. The van der Waals surface area contributed by atoms with E-state index < -0.39 is 0 Å². The molecule has 0 aliphatic carbocycles. The molecule has 1 N–H and O–H groups in total. The van der Waals surface area contributed by atoms with Crippen molar-refractivity contribution in [3.8, 4) is 0 Å². The monoisotopic (exact) mass is 175 g/mol. The molecule has 0 aromatic heterocycles. The van der Waals surface area contributed by atoms with Gasteiger partial charge >= 0.3 is 0 Å². The lowest BCUT2D eigenvalue weighted by Gasteiger charge is -2.00. The molecule has 0 unspecified atom stereocenters. The highest BCUT2D eigenvalue weighted by molar-refractivity contribution is 5.87. The van der Waals surface area contributed by atoms with Gasteiger partial charge < -0.3 is 5.21 Å². The molecule has 0 heterocycles. The maximum atomic E-state index is 8.66. The first-order chi connectivity index (χ1) is 6.36. The van der Waals surface area contributed by atoms with Gasteiger partial charge in [0.25, 0.3) is 0 Å². The maximum absolute atomic E-state index is 8.66. The Morgan fingerprint density at radius 1 is 1.38 bits per heavy atom. The summed E-state index contributed by atoms with van der Waals surface area (Å²) in [5, 5.41) is 11.9. The average Bonchev–Trinajstić information content (AvgIpc) is 2.19. The van der Waals surface area contributed by atoms with Crippen molar-refractivity contribution >= 4 is 5.71 Å². The summed E-state index contributed by atoms with van der Waals surface area (Å²) < 4.78 is 0. The van der Waals surface area contributed by atoms with Crippen molar-refractivity contribution in [3.05, 3.63) is 48.6 Å². The van der Waals surface area contributed by atoms with Crippen LogP contribution in [0.5, 0.6) is 0 Å². The van der Waals surface area contributed by atoms with Gasteiger partial charge in [0.1, 0.15) is 0 Å². The standard InChI is InChI=1S/C11H13NO/c1-2-6-11(12-13)9-10-7-4-3-5-8-10/h2-5,7-8,13H,1,6,9H2/b12-11+. The second-order valence-corrected chi connectivity index (χ2v) is 2.82. The summed E-state index contributed by atoms with van der Waals surface area (Å²) >= 11 is 0. The van der Waals surface area contributed by atoms with Crippen molar-refractivity contribution in [2.75, 3.05) is 0 Å². The number of benzene rings is 1. The highest BCUT2D eigenvalue weighted by Gasteiger charge is 1.98. The minimum atomic E-state index is 0.630.